The molecular formula is C31H37FN2O5S. The van der Waals surface area contributed by atoms with Crippen molar-refractivity contribution in [2.45, 2.75) is 52.0 Å². The zero-order valence-corrected chi connectivity index (χ0v) is 24.7. The molecule has 0 radical (unpaired) electrons. The smallest absolute Gasteiger partial charge is 0.310 e. The van der Waals surface area contributed by atoms with E-state index in [4.69, 9.17) is 18.6 Å². The number of halogens is 1. The fourth-order valence-electron chi connectivity index (χ4n) is 3.88. The molecule has 4 aromatic rings. The van der Waals surface area contributed by atoms with Crippen molar-refractivity contribution in [3.05, 3.63) is 77.6 Å². The van der Waals surface area contributed by atoms with E-state index in [9.17, 15) is 9.18 Å². The van der Waals surface area contributed by atoms with E-state index in [0.717, 1.165) is 22.4 Å². The third-order valence-corrected chi connectivity index (χ3v) is 5.44. The molecule has 2 heterocycles. The molecule has 0 atom stereocenters. The number of hydrogen-bond acceptors (Lipinski definition) is 8. The predicted molar refractivity (Wildman–Crippen MR) is 159 cm³/mol. The van der Waals surface area contributed by atoms with Crippen molar-refractivity contribution in [1.82, 2.24) is 10.3 Å². The molecule has 0 aliphatic carbocycles. The van der Waals surface area contributed by atoms with Crippen molar-refractivity contribution in [3.8, 4) is 22.6 Å². The highest BCUT2D eigenvalue weighted by Crippen LogP contribution is 2.33. The van der Waals surface area contributed by atoms with Gasteiger partial charge in [-0.15, -0.1) is 0 Å². The number of nitrogens with one attached hydrogen (secondary N) is 1. The number of aromatic nitrogens is 1. The van der Waals surface area contributed by atoms with Crippen LogP contribution >= 0.6 is 12.6 Å². The fraction of sp³-hybridized carbons (Fsp3) is 0.355. The van der Waals surface area contributed by atoms with Crippen LogP contribution in [0.2, 0.25) is 0 Å². The first-order valence-corrected chi connectivity index (χ1v) is 13.4. The lowest BCUT2D eigenvalue weighted by Gasteiger charge is -2.14. The van der Waals surface area contributed by atoms with E-state index < -0.39 is 6.01 Å². The normalized spacial score (nSPS) is 11.1. The fourth-order valence-corrected chi connectivity index (χ4v) is 3.88. The Morgan fingerprint density at radius 1 is 1.12 bits per heavy atom. The first-order chi connectivity index (χ1) is 19.0. The number of esters is 1. The van der Waals surface area contributed by atoms with Gasteiger partial charge < -0.3 is 23.9 Å². The van der Waals surface area contributed by atoms with Gasteiger partial charge in [0, 0.05) is 46.1 Å². The molecular weight excluding hydrogens is 531 g/mol. The van der Waals surface area contributed by atoms with Crippen LogP contribution in [0.5, 0.6) is 11.5 Å². The van der Waals surface area contributed by atoms with Gasteiger partial charge in [0.1, 0.15) is 23.7 Å². The molecule has 2 aromatic heterocycles. The summed E-state index contributed by atoms with van der Waals surface area (Å²) in [5, 5.41) is 3.71. The summed E-state index contributed by atoms with van der Waals surface area (Å²) in [4.78, 5) is 16.4. The minimum Gasteiger partial charge on any atom is -0.497 e. The van der Waals surface area contributed by atoms with Gasteiger partial charge in [0.2, 0.25) is 0 Å². The van der Waals surface area contributed by atoms with E-state index in [0.29, 0.717) is 41.2 Å². The van der Waals surface area contributed by atoms with Crippen molar-refractivity contribution in [3.63, 3.8) is 0 Å². The Morgan fingerprint density at radius 2 is 1.88 bits per heavy atom. The Bertz CT molecular complexity index is 1430. The number of furan rings is 1. The summed E-state index contributed by atoms with van der Waals surface area (Å²) in [6.07, 6.45) is 1.80. The molecule has 0 fully saturated rings. The lowest BCUT2D eigenvalue weighted by Crippen LogP contribution is -2.09. The molecule has 0 spiro atoms. The maximum atomic E-state index is 14.0. The van der Waals surface area contributed by atoms with Crippen LogP contribution in [0.3, 0.4) is 0 Å². The van der Waals surface area contributed by atoms with Gasteiger partial charge in [-0.2, -0.15) is 17.0 Å². The monoisotopic (exact) mass is 568 g/mol. The highest BCUT2D eigenvalue weighted by atomic mass is 32.1. The highest BCUT2D eigenvalue weighted by Gasteiger charge is 2.15. The molecule has 0 saturated carbocycles. The second-order valence-electron chi connectivity index (χ2n) is 10.1. The number of ether oxygens (including phenoxy) is 3. The Balaban J connectivity index is 0.000000810. The molecule has 1 N–H and O–H groups in total. The van der Waals surface area contributed by atoms with E-state index in [1.165, 1.54) is 6.07 Å². The van der Waals surface area contributed by atoms with E-state index in [1.807, 2.05) is 31.3 Å². The number of pyridine rings is 1. The third kappa shape index (κ3) is 9.27. The molecule has 0 aliphatic rings. The maximum Gasteiger partial charge on any atom is 0.310 e. The van der Waals surface area contributed by atoms with Gasteiger partial charge in [-0.05, 0) is 55.4 Å². The minimum absolute atomic E-state index is 0.0790. The highest BCUT2D eigenvalue weighted by molar-refractivity contribution is 7.81. The first-order valence-electron chi connectivity index (χ1n) is 13.0. The molecule has 7 nitrogen and oxygen atoms in total. The number of thiol groups is 1. The number of hydrogen-bond donors (Lipinski definition) is 2. The quantitative estimate of drug-likeness (QED) is 0.162. The standard InChI is InChI=1S/C27H27FN2O5.C4H10S/c1-4-33-26(31)13-19-5-6-22(32-3)14-24(19)34-16-17-9-20-12-25(28)35-27(20)23(10-17)18-7-8-30-21(11-18)15-29-2;1-4(2,3)5/h5-12,14,29H,4,13,15-16H2,1-3H3;5H,1-3H3. The number of fused-ring (bicyclic) bond motifs is 1. The van der Waals surface area contributed by atoms with Gasteiger partial charge in [0.25, 0.3) is 6.01 Å². The summed E-state index contributed by atoms with van der Waals surface area (Å²) in [6.45, 7) is 9.02. The number of methoxy groups -OCH3 is 1. The van der Waals surface area contributed by atoms with Crippen LogP contribution in [0.15, 0.2) is 59.1 Å². The van der Waals surface area contributed by atoms with Gasteiger partial charge in [0.05, 0.1) is 25.8 Å². The average Bonchev–Trinajstić information content (AvgIpc) is 3.27. The molecule has 0 bridgehead atoms. The summed E-state index contributed by atoms with van der Waals surface area (Å²) in [5.41, 5.74) is 4.40. The Hall–Kier alpha value is -3.56. The molecule has 214 valence electrons. The van der Waals surface area contributed by atoms with Crippen LogP contribution in [-0.4, -0.2) is 36.5 Å². The topological polar surface area (TPSA) is 82.8 Å². The Labute approximate surface area is 240 Å². The van der Waals surface area contributed by atoms with Gasteiger partial charge in [-0.3, -0.25) is 9.78 Å². The van der Waals surface area contributed by atoms with Crippen molar-refractivity contribution in [2.75, 3.05) is 20.8 Å². The number of carbonyl (C=O) groups is 1. The summed E-state index contributed by atoms with van der Waals surface area (Å²) in [6, 6.07) is 13.5. The Kier molecular flexibility index (Phi) is 11.0. The molecule has 4 rings (SSSR count). The summed E-state index contributed by atoms with van der Waals surface area (Å²) in [5.74, 6) is 0.780. The molecule has 0 unspecified atom stereocenters. The number of carbonyl (C=O) groups excluding carboxylic acids is 1. The largest absolute Gasteiger partial charge is 0.497 e. The van der Waals surface area contributed by atoms with Crippen LogP contribution in [0.25, 0.3) is 22.1 Å². The maximum absolute atomic E-state index is 14.0. The van der Waals surface area contributed by atoms with E-state index in [1.54, 1.807) is 38.4 Å². The summed E-state index contributed by atoms with van der Waals surface area (Å²) < 4.78 is 36.1. The number of rotatable bonds is 10. The van der Waals surface area contributed by atoms with Crippen LogP contribution in [0.4, 0.5) is 4.39 Å². The van der Waals surface area contributed by atoms with Crippen molar-refractivity contribution >= 4 is 29.6 Å². The van der Waals surface area contributed by atoms with Gasteiger partial charge in [0.15, 0.2) is 0 Å². The molecule has 0 saturated heterocycles. The summed E-state index contributed by atoms with van der Waals surface area (Å²) >= 11 is 4.12. The lowest BCUT2D eigenvalue weighted by molar-refractivity contribution is -0.142. The van der Waals surface area contributed by atoms with Gasteiger partial charge >= 0.3 is 5.97 Å². The average molecular weight is 569 g/mol. The van der Waals surface area contributed by atoms with Crippen LogP contribution in [0, 0.1) is 6.01 Å². The molecule has 9 heteroatoms. The first kappa shape index (κ1) is 31.0. The van der Waals surface area contributed by atoms with Crippen LogP contribution in [0.1, 0.15) is 44.5 Å². The molecule has 0 amide bonds. The van der Waals surface area contributed by atoms with Crippen LogP contribution < -0.4 is 14.8 Å². The van der Waals surface area contributed by atoms with Crippen LogP contribution in [-0.2, 0) is 29.1 Å². The molecule has 40 heavy (non-hydrogen) atoms. The van der Waals surface area contributed by atoms with Gasteiger partial charge in [-0.1, -0.05) is 26.8 Å². The number of benzene rings is 2. The predicted octanol–water partition coefficient (Wildman–Crippen LogP) is 6.76. The zero-order chi connectivity index (χ0) is 29.3. The van der Waals surface area contributed by atoms with Crippen molar-refractivity contribution in [1.29, 1.82) is 0 Å². The molecule has 2 aromatic carbocycles. The molecule has 0 aliphatic heterocycles. The number of nitrogens with zero attached hydrogens (tertiary/aromatic N) is 1. The van der Waals surface area contributed by atoms with Crippen molar-refractivity contribution in [2.24, 2.45) is 0 Å². The summed E-state index contributed by atoms with van der Waals surface area (Å²) in [7, 11) is 3.41. The lowest BCUT2D eigenvalue weighted by atomic mass is 10.0. The zero-order valence-electron chi connectivity index (χ0n) is 23.8. The van der Waals surface area contributed by atoms with Crippen molar-refractivity contribution < 1.29 is 27.8 Å². The second-order valence-corrected chi connectivity index (χ2v) is 11.4. The van der Waals surface area contributed by atoms with E-state index in [-0.39, 0.29) is 23.7 Å². The van der Waals surface area contributed by atoms with E-state index in [2.05, 4.69) is 43.7 Å². The SMILES string of the molecule is CC(C)(C)S.CCOC(=O)Cc1ccc(OC)cc1OCc1cc(-c2ccnc(CNC)c2)c2oc(F)cc2c1. The van der Waals surface area contributed by atoms with Gasteiger partial charge in [-0.25, -0.2) is 0 Å². The Morgan fingerprint density at radius 3 is 2.55 bits per heavy atom. The van der Waals surface area contributed by atoms with E-state index >= 15 is 0 Å². The minimum atomic E-state index is -0.659. The second kappa shape index (κ2) is 14.2. The third-order valence-electron chi connectivity index (χ3n) is 5.44.